The van der Waals surface area contributed by atoms with Crippen molar-refractivity contribution in [3.63, 3.8) is 0 Å². The van der Waals surface area contributed by atoms with E-state index in [2.05, 4.69) is 11.1 Å². The first-order valence-corrected chi connectivity index (χ1v) is 10.2. The molecule has 0 spiro atoms. The van der Waals surface area contributed by atoms with Gasteiger partial charge in [-0.2, -0.15) is 0 Å². The maximum absolute atomic E-state index is 12.9. The molecule has 0 unspecified atom stereocenters. The van der Waals surface area contributed by atoms with Crippen molar-refractivity contribution in [2.24, 2.45) is 0 Å². The maximum Gasteiger partial charge on any atom is 0.255 e. The minimum Gasteiger partial charge on any atom is -0.490 e. The molecule has 2 heterocycles. The van der Waals surface area contributed by atoms with Gasteiger partial charge < -0.3 is 9.64 Å². The summed E-state index contributed by atoms with van der Waals surface area (Å²) in [7, 11) is 0. The second kappa shape index (κ2) is 7.89. The molecule has 27 heavy (non-hydrogen) atoms. The largest absolute Gasteiger partial charge is 0.490 e. The standard InChI is InChI=1S/C22H25ClN2O2/c1-15-13-21(16-3-2-4-16)24-14-20(15)22(26)25-11-9-19(10-12-25)27-18-7-5-17(23)6-8-18/h5-8,13-14,16,19H,2-4,9-12H2,1H3. The van der Waals surface area contributed by atoms with E-state index < -0.39 is 0 Å². The molecule has 142 valence electrons. The van der Waals surface area contributed by atoms with Gasteiger partial charge in [0.05, 0.1) is 5.56 Å². The zero-order chi connectivity index (χ0) is 18.8. The SMILES string of the molecule is Cc1cc(C2CCC2)ncc1C(=O)N1CCC(Oc2ccc(Cl)cc2)CC1. The van der Waals surface area contributed by atoms with Crippen LogP contribution in [-0.2, 0) is 0 Å². The van der Waals surface area contributed by atoms with Gasteiger partial charge in [0.15, 0.2) is 0 Å². The van der Waals surface area contributed by atoms with Crippen molar-refractivity contribution in [2.75, 3.05) is 13.1 Å². The third kappa shape index (κ3) is 4.11. The van der Waals surface area contributed by atoms with E-state index in [9.17, 15) is 4.79 Å². The highest BCUT2D eigenvalue weighted by atomic mass is 35.5. The smallest absolute Gasteiger partial charge is 0.255 e. The third-order valence-electron chi connectivity index (χ3n) is 5.73. The van der Waals surface area contributed by atoms with Gasteiger partial charge in [0.2, 0.25) is 0 Å². The Morgan fingerprint density at radius 2 is 1.85 bits per heavy atom. The molecule has 1 aliphatic carbocycles. The topological polar surface area (TPSA) is 42.4 Å². The number of halogens is 1. The minimum absolute atomic E-state index is 0.0881. The number of ether oxygens (including phenoxy) is 1. The van der Waals surface area contributed by atoms with Crippen molar-refractivity contribution >= 4 is 17.5 Å². The summed E-state index contributed by atoms with van der Waals surface area (Å²) in [5.41, 5.74) is 2.91. The summed E-state index contributed by atoms with van der Waals surface area (Å²) in [5, 5.41) is 0.704. The zero-order valence-corrected chi connectivity index (χ0v) is 16.4. The molecule has 2 fully saturated rings. The first-order valence-electron chi connectivity index (χ1n) is 9.78. The molecule has 1 aromatic carbocycles. The highest BCUT2D eigenvalue weighted by molar-refractivity contribution is 6.30. The number of pyridine rings is 1. The van der Waals surface area contributed by atoms with Crippen molar-refractivity contribution in [1.29, 1.82) is 0 Å². The molecule has 2 aliphatic rings. The number of carbonyl (C=O) groups is 1. The van der Waals surface area contributed by atoms with Gasteiger partial charge in [-0.05, 0) is 55.7 Å². The molecule has 1 saturated carbocycles. The Morgan fingerprint density at radius 3 is 2.44 bits per heavy atom. The van der Waals surface area contributed by atoms with E-state index in [0.717, 1.165) is 35.4 Å². The molecule has 1 aromatic heterocycles. The van der Waals surface area contributed by atoms with Gasteiger partial charge in [-0.1, -0.05) is 18.0 Å². The lowest BCUT2D eigenvalue weighted by atomic mass is 9.82. The molecule has 2 aromatic rings. The molecule has 0 radical (unpaired) electrons. The summed E-state index contributed by atoms with van der Waals surface area (Å²) < 4.78 is 6.02. The second-order valence-corrected chi connectivity index (χ2v) is 8.05. The number of aromatic nitrogens is 1. The summed E-state index contributed by atoms with van der Waals surface area (Å²) in [6.45, 7) is 3.44. The lowest BCUT2D eigenvalue weighted by Crippen LogP contribution is -2.42. The van der Waals surface area contributed by atoms with Gasteiger partial charge in [-0.15, -0.1) is 0 Å². The van der Waals surface area contributed by atoms with Crippen molar-refractivity contribution in [2.45, 2.75) is 51.0 Å². The van der Waals surface area contributed by atoms with Gasteiger partial charge in [0, 0.05) is 48.8 Å². The van der Waals surface area contributed by atoms with E-state index in [-0.39, 0.29) is 12.0 Å². The Balaban J connectivity index is 1.35. The van der Waals surface area contributed by atoms with Crippen LogP contribution in [0.1, 0.15) is 59.6 Å². The first-order chi connectivity index (χ1) is 13.1. The van der Waals surface area contributed by atoms with E-state index in [1.807, 2.05) is 36.1 Å². The predicted molar refractivity (Wildman–Crippen MR) is 107 cm³/mol. The van der Waals surface area contributed by atoms with E-state index in [4.69, 9.17) is 16.3 Å². The quantitative estimate of drug-likeness (QED) is 0.745. The van der Waals surface area contributed by atoms with Gasteiger partial charge in [-0.3, -0.25) is 9.78 Å². The van der Waals surface area contributed by atoms with Crippen LogP contribution in [0.25, 0.3) is 0 Å². The molecule has 0 bridgehead atoms. The van der Waals surface area contributed by atoms with Crippen molar-refractivity contribution in [3.8, 4) is 5.75 Å². The fourth-order valence-corrected chi connectivity index (χ4v) is 3.91. The third-order valence-corrected chi connectivity index (χ3v) is 5.98. The van der Waals surface area contributed by atoms with E-state index in [0.29, 0.717) is 24.0 Å². The molecular formula is C22H25ClN2O2. The number of piperidine rings is 1. The number of hydrogen-bond donors (Lipinski definition) is 0. The average molecular weight is 385 g/mol. The summed E-state index contributed by atoms with van der Waals surface area (Å²) in [6, 6.07) is 9.54. The molecule has 1 saturated heterocycles. The Hall–Kier alpha value is -2.07. The van der Waals surface area contributed by atoms with Crippen molar-refractivity contribution in [3.05, 3.63) is 58.4 Å². The number of nitrogens with zero attached hydrogens (tertiary/aromatic N) is 2. The zero-order valence-electron chi connectivity index (χ0n) is 15.7. The molecule has 4 nitrogen and oxygen atoms in total. The molecule has 1 amide bonds. The van der Waals surface area contributed by atoms with E-state index in [1.165, 1.54) is 19.3 Å². The highest BCUT2D eigenvalue weighted by Gasteiger charge is 2.27. The lowest BCUT2D eigenvalue weighted by Gasteiger charge is -2.32. The predicted octanol–water partition coefficient (Wildman–Crippen LogP) is 4.99. The summed E-state index contributed by atoms with van der Waals surface area (Å²) >= 11 is 5.91. The second-order valence-electron chi connectivity index (χ2n) is 7.62. The summed E-state index contributed by atoms with van der Waals surface area (Å²) in [5.74, 6) is 1.51. The number of rotatable bonds is 4. The van der Waals surface area contributed by atoms with Gasteiger partial charge >= 0.3 is 0 Å². The Labute approximate surface area is 165 Å². The molecule has 1 aliphatic heterocycles. The monoisotopic (exact) mass is 384 g/mol. The fraction of sp³-hybridized carbons (Fsp3) is 0.455. The molecular weight excluding hydrogens is 360 g/mol. The molecule has 0 N–H and O–H groups in total. The molecule has 4 rings (SSSR count). The van der Waals surface area contributed by atoms with Crippen LogP contribution in [0.2, 0.25) is 5.02 Å². The number of amides is 1. The molecule has 0 atom stereocenters. The summed E-state index contributed by atoms with van der Waals surface area (Å²) in [6.07, 6.45) is 7.32. The van der Waals surface area contributed by atoms with Crippen LogP contribution in [0.3, 0.4) is 0 Å². The summed E-state index contributed by atoms with van der Waals surface area (Å²) in [4.78, 5) is 19.4. The Kier molecular flexibility index (Phi) is 5.35. The van der Waals surface area contributed by atoms with Crippen LogP contribution in [-0.4, -0.2) is 35.0 Å². The lowest BCUT2D eigenvalue weighted by molar-refractivity contribution is 0.0594. The van der Waals surface area contributed by atoms with E-state index >= 15 is 0 Å². The number of carbonyl (C=O) groups excluding carboxylic acids is 1. The van der Waals surface area contributed by atoms with Crippen LogP contribution in [0.5, 0.6) is 5.75 Å². The van der Waals surface area contributed by atoms with E-state index in [1.54, 1.807) is 6.20 Å². The maximum atomic E-state index is 12.9. The van der Waals surface area contributed by atoms with Gasteiger partial charge in [-0.25, -0.2) is 0 Å². The van der Waals surface area contributed by atoms with Gasteiger partial charge in [0.1, 0.15) is 11.9 Å². The Morgan fingerprint density at radius 1 is 1.15 bits per heavy atom. The van der Waals surface area contributed by atoms with Crippen molar-refractivity contribution in [1.82, 2.24) is 9.88 Å². The van der Waals surface area contributed by atoms with Gasteiger partial charge in [0.25, 0.3) is 5.91 Å². The van der Waals surface area contributed by atoms with Crippen LogP contribution in [0.4, 0.5) is 0 Å². The van der Waals surface area contributed by atoms with Crippen molar-refractivity contribution < 1.29 is 9.53 Å². The number of benzene rings is 1. The number of likely N-dealkylation sites (tertiary alicyclic amines) is 1. The first kappa shape index (κ1) is 18.3. The minimum atomic E-state index is 0.0881. The number of aryl methyl sites for hydroxylation is 1. The van der Waals surface area contributed by atoms with Crippen LogP contribution < -0.4 is 4.74 Å². The van der Waals surface area contributed by atoms with Crippen LogP contribution >= 0.6 is 11.6 Å². The fourth-order valence-electron chi connectivity index (χ4n) is 3.78. The Bertz CT molecular complexity index is 810. The normalized spacial score (nSPS) is 18.2. The average Bonchev–Trinajstić information content (AvgIpc) is 2.62. The molecule has 5 heteroatoms. The highest BCUT2D eigenvalue weighted by Crippen LogP contribution is 2.35. The van der Waals surface area contributed by atoms with Crippen LogP contribution in [0, 0.1) is 6.92 Å². The van der Waals surface area contributed by atoms with Crippen LogP contribution in [0.15, 0.2) is 36.5 Å². The number of hydrogen-bond acceptors (Lipinski definition) is 3.